The summed E-state index contributed by atoms with van der Waals surface area (Å²) in [5, 5.41) is 3.43. The maximum absolute atomic E-state index is 10.9. The minimum atomic E-state index is -0.0759. The van der Waals surface area contributed by atoms with E-state index in [1.807, 2.05) is 25.1 Å². The zero-order chi connectivity index (χ0) is 10.6. The van der Waals surface area contributed by atoms with Gasteiger partial charge in [0, 0.05) is 17.6 Å². The normalized spacial score (nSPS) is 11.2. The van der Waals surface area contributed by atoms with E-state index in [0.29, 0.717) is 5.02 Å². The molecule has 1 rings (SSSR count). The highest BCUT2D eigenvalue weighted by Crippen LogP contribution is 2.15. The number of hydrogen-bond acceptors (Lipinski definition) is 1. The standard InChI is InChI=1S/C11H12ClNO/c1-3-11(13-8(2)14)9-4-6-10(12)7-5-9/h3-7H,1-2H3,(H,13,14). The SMILES string of the molecule is CC=C(NC(C)=O)c1ccc(Cl)cc1. The molecule has 1 aromatic rings. The molecule has 0 fully saturated rings. The van der Waals surface area contributed by atoms with Crippen LogP contribution in [0.3, 0.4) is 0 Å². The van der Waals surface area contributed by atoms with E-state index < -0.39 is 0 Å². The molecule has 1 aromatic carbocycles. The molecule has 1 amide bonds. The summed E-state index contributed by atoms with van der Waals surface area (Å²) in [4.78, 5) is 10.9. The van der Waals surface area contributed by atoms with Crippen molar-refractivity contribution in [3.05, 3.63) is 40.9 Å². The third-order valence-electron chi connectivity index (χ3n) is 1.75. The smallest absolute Gasteiger partial charge is 0.221 e. The van der Waals surface area contributed by atoms with Gasteiger partial charge >= 0.3 is 0 Å². The highest BCUT2D eigenvalue weighted by atomic mass is 35.5. The molecule has 0 heterocycles. The van der Waals surface area contributed by atoms with Gasteiger partial charge in [0.1, 0.15) is 0 Å². The van der Waals surface area contributed by atoms with Crippen molar-refractivity contribution in [1.29, 1.82) is 0 Å². The van der Waals surface area contributed by atoms with Gasteiger partial charge in [0.15, 0.2) is 0 Å². The largest absolute Gasteiger partial charge is 0.326 e. The van der Waals surface area contributed by atoms with Crippen LogP contribution in [-0.2, 0) is 4.79 Å². The van der Waals surface area contributed by atoms with E-state index in [1.165, 1.54) is 6.92 Å². The second-order valence-corrected chi connectivity index (χ2v) is 3.33. The van der Waals surface area contributed by atoms with Crippen molar-refractivity contribution in [2.45, 2.75) is 13.8 Å². The van der Waals surface area contributed by atoms with Crippen LogP contribution < -0.4 is 5.32 Å². The first-order valence-electron chi connectivity index (χ1n) is 4.33. The summed E-state index contributed by atoms with van der Waals surface area (Å²) >= 11 is 5.76. The van der Waals surface area contributed by atoms with Crippen LogP contribution in [-0.4, -0.2) is 5.91 Å². The lowest BCUT2D eigenvalue weighted by molar-refractivity contribution is -0.117. The van der Waals surface area contributed by atoms with Crippen LogP contribution >= 0.6 is 11.6 Å². The fourth-order valence-corrected chi connectivity index (χ4v) is 1.26. The first-order chi connectivity index (χ1) is 6.63. The van der Waals surface area contributed by atoms with E-state index in [1.54, 1.807) is 12.1 Å². The van der Waals surface area contributed by atoms with Gasteiger partial charge in [-0.05, 0) is 24.6 Å². The highest BCUT2D eigenvalue weighted by Gasteiger charge is 2.01. The number of amides is 1. The molecule has 3 heteroatoms. The zero-order valence-electron chi connectivity index (χ0n) is 8.17. The molecule has 0 unspecified atom stereocenters. The number of rotatable bonds is 2. The Kier molecular flexibility index (Phi) is 3.72. The fraction of sp³-hybridized carbons (Fsp3) is 0.182. The van der Waals surface area contributed by atoms with E-state index in [2.05, 4.69) is 5.32 Å². The number of carbonyl (C=O) groups excluding carboxylic acids is 1. The topological polar surface area (TPSA) is 29.1 Å². The highest BCUT2D eigenvalue weighted by molar-refractivity contribution is 6.30. The Morgan fingerprint density at radius 2 is 1.93 bits per heavy atom. The van der Waals surface area contributed by atoms with Crippen molar-refractivity contribution >= 4 is 23.2 Å². The van der Waals surface area contributed by atoms with Crippen molar-refractivity contribution in [3.63, 3.8) is 0 Å². The first kappa shape index (κ1) is 10.8. The molecule has 0 aliphatic rings. The average molecular weight is 210 g/mol. The summed E-state index contributed by atoms with van der Waals surface area (Å²) in [5.41, 5.74) is 1.75. The Hall–Kier alpha value is -1.28. The lowest BCUT2D eigenvalue weighted by atomic mass is 10.1. The number of halogens is 1. The third kappa shape index (κ3) is 2.89. The predicted molar refractivity (Wildman–Crippen MR) is 58.9 cm³/mol. The molecule has 2 nitrogen and oxygen atoms in total. The molecule has 14 heavy (non-hydrogen) atoms. The van der Waals surface area contributed by atoms with Crippen molar-refractivity contribution < 1.29 is 4.79 Å². The monoisotopic (exact) mass is 209 g/mol. The van der Waals surface area contributed by atoms with Gasteiger partial charge in [-0.25, -0.2) is 0 Å². The van der Waals surface area contributed by atoms with E-state index in [0.717, 1.165) is 11.3 Å². The van der Waals surface area contributed by atoms with Crippen molar-refractivity contribution in [2.75, 3.05) is 0 Å². The second-order valence-electron chi connectivity index (χ2n) is 2.89. The van der Waals surface area contributed by atoms with Gasteiger partial charge in [-0.15, -0.1) is 0 Å². The quantitative estimate of drug-likeness (QED) is 0.798. The lowest BCUT2D eigenvalue weighted by Gasteiger charge is -2.07. The van der Waals surface area contributed by atoms with Crippen LogP contribution in [0.4, 0.5) is 0 Å². The molecule has 0 atom stereocenters. The summed E-state index contributed by atoms with van der Waals surface area (Å²) in [6.45, 7) is 3.36. The molecule has 0 bridgehead atoms. The Bertz CT molecular complexity index is 354. The van der Waals surface area contributed by atoms with E-state index in [4.69, 9.17) is 11.6 Å². The number of allylic oxidation sites excluding steroid dienone is 1. The first-order valence-corrected chi connectivity index (χ1v) is 4.71. The second kappa shape index (κ2) is 4.82. The van der Waals surface area contributed by atoms with Crippen molar-refractivity contribution in [1.82, 2.24) is 5.32 Å². The molecule has 0 aliphatic heterocycles. The van der Waals surface area contributed by atoms with Gasteiger partial charge in [0.2, 0.25) is 5.91 Å². The zero-order valence-corrected chi connectivity index (χ0v) is 8.93. The molecule has 0 spiro atoms. The summed E-state index contributed by atoms with van der Waals surface area (Å²) < 4.78 is 0. The molecule has 0 saturated carbocycles. The number of hydrogen-bond donors (Lipinski definition) is 1. The average Bonchev–Trinajstić information content (AvgIpc) is 2.15. The maximum atomic E-state index is 10.9. The van der Waals surface area contributed by atoms with E-state index in [9.17, 15) is 4.79 Å². The summed E-state index contributed by atoms with van der Waals surface area (Å²) in [6.07, 6.45) is 1.85. The molecule has 74 valence electrons. The molecular weight excluding hydrogens is 198 g/mol. The van der Waals surface area contributed by atoms with Gasteiger partial charge in [-0.2, -0.15) is 0 Å². The summed E-state index contributed by atoms with van der Waals surface area (Å²) in [5.74, 6) is -0.0759. The summed E-state index contributed by atoms with van der Waals surface area (Å²) in [7, 11) is 0. The number of benzene rings is 1. The van der Waals surface area contributed by atoms with E-state index >= 15 is 0 Å². The van der Waals surface area contributed by atoms with E-state index in [-0.39, 0.29) is 5.91 Å². The van der Waals surface area contributed by atoms with Crippen LogP contribution in [0.25, 0.3) is 5.70 Å². The van der Waals surface area contributed by atoms with Crippen LogP contribution in [0.2, 0.25) is 5.02 Å². The van der Waals surface area contributed by atoms with Crippen LogP contribution in [0.15, 0.2) is 30.3 Å². The minimum Gasteiger partial charge on any atom is -0.326 e. The van der Waals surface area contributed by atoms with Crippen LogP contribution in [0.5, 0.6) is 0 Å². The van der Waals surface area contributed by atoms with Gasteiger partial charge in [-0.3, -0.25) is 4.79 Å². The lowest BCUT2D eigenvalue weighted by Crippen LogP contribution is -2.17. The number of nitrogens with one attached hydrogen (secondary N) is 1. The molecule has 0 radical (unpaired) electrons. The molecule has 1 N–H and O–H groups in total. The minimum absolute atomic E-state index is 0.0759. The Morgan fingerprint density at radius 3 is 2.36 bits per heavy atom. The Labute approximate surface area is 88.6 Å². The van der Waals surface area contributed by atoms with Gasteiger partial charge < -0.3 is 5.32 Å². The third-order valence-corrected chi connectivity index (χ3v) is 2.01. The maximum Gasteiger partial charge on any atom is 0.221 e. The van der Waals surface area contributed by atoms with Crippen molar-refractivity contribution in [3.8, 4) is 0 Å². The Balaban J connectivity index is 2.91. The van der Waals surface area contributed by atoms with Gasteiger partial charge in [-0.1, -0.05) is 29.8 Å². The molecule has 0 saturated heterocycles. The van der Waals surface area contributed by atoms with Crippen molar-refractivity contribution in [2.24, 2.45) is 0 Å². The molecular formula is C11H12ClNO. The molecule has 0 aliphatic carbocycles. The van der Waals surface area contributed by atoms with Crippen LogP contribution in [0, 0.1) is 0 Å². The summed E-state index contributed by atoms with van der Waals surface area (Å²) in [6, 6.07) is 7.33. The van der Waals surface area contributed by atoms with Gasteiger partial charge in [0.25, 0.3) is 0 Å². The Morgan fingerprint density at radius 1 is 1.36 bits per heavy atom. The number of carbonyl (C=O) groups is 1. The molecule has 0 aromatic heterocycles. The van der Waals surface area contributed by atoms with Crippen LogP contribution in [0.1, 0.15) is 19.4 Å². The fourth-order valence-electron chi connectivity index (χ4n) is 1.13. The predicted octanol–water partition coefficient (Wildman–Crippen LogP) is 2.84. The van der Waals surface area contributed by atoms with Gasteiger partial charge in [0.05, 0.1) is 0 Å².